The molecule has 1 amide bonds. The van der Waals surface area contributed by atoms with Crippen LogP contribution in [0.1, 0.15) is 32.1 Å². The van der Waals surface area contributed by atoms with Gasteiger partial charge >= 0.3 is 12.1 Å². The van der Waals surface area contributed by atoms with Gasteiger partial charge in [0.15, 0.2) is 6.61 Å². The molecule has 2 heterocycles. The van der Waals surface area contributed by atoms with Gasteiger partial charge in [-0.3, -0.25) is 4.79 Å². The van der Waals surface area contributed by atoms with Crippen LogP contribution in [0.5, 0.6) is 0 Å². The quantitative estimate of drug-likeness (QED) is 0.695. The molecule has 0 bridgehead atoms. The molecule has 0 spiro atoms. The number of rotatable bonds is 5. The van der Waals surface area contributed by atoms with Crippen molar-refractivity contribution in [1.82, 2.24) is 0 Å². The molecule has 1 aliphatic carbocycles. The van der Waals surface area contributed by atoms with Gasteiger partial charge in [0, 0.05) is 18.0 Å². The molecule has 0 radical (unpaired) electrons. The molecular weight excluding hydrogens is 433 g/mol. The van der Waals surface area contributed by atoms with Crippen molar-refractivity contribution in [2.24, 2.45) is 0 Å². The van der Waals surface area contributed by atoms with Crippen LogP contribution in [0, 0.1) is 0 Å². The van der Waals surface area contributed by atoms with Crippen molar-refractivity contribution in [2.45, 2.75) is 25.4 Å². The van der Waals surface area contributed by atoms with Crippen LogP contribution in [0.4, 0.5) is 24.5 Å². The van der Waals surface area contributed by atoms with Gasteiger partial charge in [0.2, 0.25) is 0 Å². The number of halogens is 3. The molecule has 10 heteroatoms. The number of nitrogens with zero attached hydrogens (tertiary/aromatic N) is 1. The van der Waals surface area contributed by atoms with Gasteiger partial charge in [0.05, 0.1) is 30.2 Å². The zero-order valence-corrected chi connectivity index (χ0v) is 17.4. The largest absolute Gasteiger partial charge is 0.451 e. The highest BCUT2D eigenvalue weighted by molar-refractivity contribution is 7.14. The fourth-order valence-corrected chi connectivity index (χ4v) is 4.86. The van der Waals surface area contributed by atoms with E-state index in [1.54, 1.807) is 6.07 Å². The third-order valence-corrected chi connectivity index (χ3v) is 6.45. The van der Waals surface area contributed by atoms with Crippen LogP contribution < -0.4 is 10.2 Å². The Bertz CT molecular complexity index is 962. The van der Waals surface area contributed by atoms with Crippen molar-refractivity contribution in [3.05, 3.63) is 45.1 Å². The van der Waals surface area contributed by atoms with E-state index < -0.39 is 30.2 Å². The predicted octanol–water partition coefficient (Wildman–Crippen LogP) is 3.89. The molecule has 2 aromatic rings. The molecular formula is C21H21F3N2O4S. The molecule has 1 saturated heterocycles. The second kappa shape index (κ2) is 8.88. The zero-order chi connectivity index (χ0) is 22.0. The van der Waals surface area contributed by atoms with Crippen molar-refractivity contribution in [3.8, 4) is 0 Å². The first-order valence-electron chi connectivity index (χ1n) is 9.94. The number of carbonyl (C=O) groups excluding carboxylic acids is 2. The third kappa shape index (κ3) is 5.01. The molecule has 2 aliphatic rings. The first kappa shape index (κ1) is 21.6. The van der Waals surface area contributed by atoms with Crippen molar-refractivity contribution >= 4 is 34.6 Å². The summed E-state index contributed by atoms with van der Waals surface area (Å²) in [6, 6.07) is 5.00. The monoisotopic (exact) mass is 454 g/mol. The Kier molecular flexibility index (Phi) is 6.19. The molecule has 0 saturated carbocycles. The molecule has 1 N–H and O–H groups in total. The smallest absolute Gasteiger partial charge is 0.416 e. The van der Waals surface area contributed by atoms with E-state index in [9.17, 15) is 22.8 Å². The molecule has 4 rings (SSSR count). The minimum absolute atomic E-state index is 0.0212. The average molecular weight is 454 g/mol. The maximum absolute atomic E-state index is 13.2. The highest BCUT2D eigenvalue weighted by Crippen LogP contribution is 2.36. The minimum Gasteiger partial charge on any atom is -0.451 e. The first-order valence-corrected chi connectivity index (χ1v) is 10.8. The van der Waals surface area contributed by atoms with E-state index in [4.69, 9.17) is 9.47 Å². The van der Waals surface area contributed by atoms with Gasteiger partial charge in [-0.2, -0.15) is 13.2 Å². The van der Waals surface area contributed by atoms with Gasteiger partial charge in [-0.25, -0.2) is 4.79 Å². The number of carbonyl (C=O) groups is 2. The summed E-state index contributed by atoms with van der Waals surface area (Å²) >= 11 is 1.36. The van der Waals surface area contributed by atoms with Gasteiger partial charge in [0.25, 0.3) is 5.91 Å². The molecule has 1 fully saturated rings. The molecule has 0 unspecified atom stereocenters. The van der Waals surface area contributed by atoms with E-state index in [0.29, 0.717) is 36.9 Å². The predicted molar refractivity (Wildman–Crippen MR) is 110 cm³/mol. The highest BCUT2D eigenvalue weighted by atomic mass is 32.1. The van der Waals surface area contributed by atoms with Gasteiger partial charge in [-0.15, -0.1) is 11.3 Å². The summed E-state index contributed by atoms with van der Waals surface area (Å²) < 4.78 is 49.9. The van der Waals surface area contributed by atoms with E-state index in [2.05, 4.69) is 5.32 Å². The lowest BCUT2D eigenvalue weighted by atomic mass is 10.1. The van der Waals surface area contributed by atoms with Crippen LogP contribution in [0.2, 0.25) is 0 Å². The number of hydrogen-bond acceptors (Lipinski definition) is 6. The topological polar surface area (TPSA) is 67.9 Å². The highest BCUT2D eigenvalue weighted by Gasteiger charge is 2.32. The summed E-state index contributed by atoms with van der Waals surface area (Å²) in [6.07, 6.45) is -1.61. The van der Waals surface area contributed by atoms with Crippen LogP contribution in [-0.4, -0.2) is 44.8 Å². The standard InChI is InChI=1S/C21H21F3N2O4S/c22-21(23,24)14-4-5-16(26-6-8-29-9-7-26)15(11-14)25-19(27)12-30-20(28)18-10-13-2-1-3-17(13)31-18/h4-5,10-11H,1-3,6-9,12H2,(H,25,27). The number of alkyl halides is 3. The number of fused-ring (bicyclic) bond motifs is 1. The molecule has 31 heavy (non-hydrogen) atoms. The van der Waals surface area contributed by atoms with Gasteiger partial charge < -0.3 is 19.7 Å². The summed E-state index contributed by atoms with van der Waals surface area (Å²) in [5.41, 5.74) is 0.754. The Balaban J connectivity index is 1.44. The van der Waals surface area contributed by atoms with Gasteiger partial charge in [-0.1, -0.05) is 0 Å². The van der Waals surface area contributed by atoms with Crippen LogP contribution in [0.15, 0.2) is 24.3 Å². The van der Waals surface area contributed by atoms with Crippen molar-refractivity contribution < 1.29 is 32.2 Å². The Labute approximate surface area is 180 Å². The summed E-state index contributed by atoms with van der Waals surface area (Å²) in [4.78, 5) is 28.1. The molecule has 6 nitrogen and oxygen atoms in total. The Morgan fingerprint density at radius 3 is 2.65 bits per heavy atom. The second-order valence-corrected chi connectivity index (χ2v) is 8.50. The summed E-state index contributed by atoms with van der Waals surface area (Å²) in [6.45, 7) is 1.28. The number of anilines is 2. The summed E-state index contributed by atoms with van der Waals surface area (Å²) in [5.74, 6) is -1.31. The Morgan fingerprint density at radius 1 is 1.16 bits per heavy atom. The molecule has 1 aromatic carbocycles. The lowest BCUT2D eigenvalue weighted by Crippen LogP contribution is -2.37. The molecule has 1 aromatic heterocycles. The molecule has 166 valence electrons. The number of morpholine rings is 1. The lowest BCUT2D eigenvalue weighted by molar-refractivity contribution is -0.137. The third-order valence-electron chi connectivity index (χ3n) is 5.23. The maximum Gasteiger partial charge on any atom is 0.416 e. The number of hydrogen-bond donors (Lipinski definition) is 1. The van der Waals surface area contributed by atoms with Crippen LogP contribution >= 0.6 is 11.3 Å². The number of esters is 1. The van der Waals surface area contributed by atoms with Crippen LogP contribution in [0.25, 0.3) is 0 Å². The fraction of sp³-hybridized carbons (Fsp3) is 0.429. The zero-order valence-electron chi connectivity index (χ0n) is 16.6. The summed E-state index contributed by atoms with van der Waals surface area (Å²) in [7, 11) is 0. The van der Waals surface area contributed by atoms with Gasteiger partial charge in [0.1, 0.15) is 4.88 Å². The first-order chi connectivity index (χ1) is 14.8. The molecule has 0 atom stereocenters. The van der Waals surface area contributed by atoms with E-state index in [1.807, 2.05) is 4.90 Å². The fourth-order valence-electron chi connectivity index (χ4n) is 3.71. The van der Waals surface area contributed by atoms with Crippen molar-refractivity contribution in [1.29, 1.82) is 0 Å². The Hall–Kier alpha value is -2.59. The lowest BCUT2D eigenvalue weighted by Gasteiger charge is -2.31. The van der Waals surface area contributed by atoms with E-state index in [0.717, 1.165) is 41.8 Å². The number of aryl methyl sites for hydroxylation is 2. The van der Waals surface area contributed by atoms with E-state index in [1.165, 1.54) is 17.4 Å². The Morgan fingerprint density at radius 2 is 1.94 bits per heavy atom. The van der Waals surface area contributed by atoms with Crippen LogP contribution in [0.3, 0.4) is 0 Å². The number of nitrogens with one attached hydrogen (secondary N) is 1. The van der Waals surface area contributed by atoms with E-state index >= 15 is 0 Å². The number of thiophene rings is 1. The summed E-state index contributed by atoms with van der Waals surface area (Å²) in [5, 5.41) is 2.47. The number of benzene rings is 1. The number of ether oxygens (including phenoxy) is 2. The second-order valence-electron chi connectivity index (χ2n) is 7.37. The minimum atomic E-state index is -4.55. The van der Waals surface area contributed by atoms with Gasteiger partial charge in [-0.05, 0) is 49.1 Å². The van der Waals surface area contributed by atoms with Crippen molar-refractivity contribution in [2.75, 3.05) is 43.1 Å². The SMILES string of the molecule is O=C(COC(=O)c1cc2c(s1)CCC2)Nc1cc(C(F)(F)F)ccc1N1CCOCC1. The maximum atomic E-state index is 13.2. The van der Waals surface area contributed by atoms with Crippen LogP contribution in [-0.2, 0) is 33.3 Å². The van der Waals surface area contributed by atoms with Crippen molar-refractivity contribution in [3.63, 3.8) is 0 Å². The normalized spacial score (nSPS) is 16.2. The average Bonchev–Trinajstić information content (AvgIpc) is 3.34. The molecule has 1 aliphatic heterocycles. The number of amides is 1. The van der Waals surface area contributed by atoms with E-state index in [-0.39, 0.29) is 5.69 Å².